The minimum Gasteiger partial charge on any atom is -0.405 e. The summed E-state index contributed by atoms with van der Waals surface area (Å²) in [7, 11) is 0. The maximum absolute atomic E-state index is 12.4. The van der Waals surface area contributed by atoms with Gasteiger partial charge in [0.1, 0.15) is 5.75 Å². The summed E-state index contributed by atoms with van der Waals surface area (Å²) in [5.74, 6) is -0.259. The minimum absolute atomic E-state index is 0.0860. The molecule has 1 fully saturated rings. The van der Waals surface area contributed by atoms with Crippen molar-refractivity contribution < 1.29 is 27.5 Å². The Labute approximate surface area is 148 Å². The molecule has 1 aromatic carbocycles. The maximum Gasteiger partial charge on any atom is 0.573 e. The van der Waals surface area contributed by atoms with Gasteiger partial charge in [0.2, 0.25) is 0 Å². The number of nitrogens with zero attached hydrogens (tertiary/aromatic N) is 1. The number of piperidine rings is 1. The Balaban J connectivity index is 1.89. The number of nitrogens with one attached hydrogen (secondary N) is 2. The van der Waals surface area contributed by atoms with Crippen LogP contribution in [0, 0.1) is 5.92 Å². The summed E-state index contributed by atoms with van der Waals surface area (Å²) < 4.78 is 41.2. The summed E-state index contributed by atoms with van der Waals surface area (Å²) in [5, 5.41) is 5.13. The van der Waals surface area contributed by atoms with Crippen LogP contribution in [0.25, 0.3) is 0 Å². The molecule has 10 heteroatoms. The Morgan fingerprint density at radius 2 is 2.00 bits per heavy atom. The maximum atomic E-state index is 12.4. The average molecular weight is 374 g/mol. The van der Waals surface area contributed by atoms with Gasteiger partial charge >= 0.3 is 18.4 Å². The molecule has 0 spiro atoms. The fraction of sp³-hybridized carbons (Fsp3) is 0.500. The van der Waals surface area contributed by atoms with Gasteiger partial charge in [0.15, 0.2) is 0 Å². The van der Waals surface area contributed by atoms with Crippen LogP contribution >= 0.6 is 0 Å². The first-order chi connectivity index (χ1) is 12.2. The van der Waals surface area contributed by atoms with Gasteiger partial charge in [-0.15, -0.1) is 13.2 Å². The van der Waals surface area contributed by atoms with Gasteiger partial charge in [-0.2, -0.15) is 0 Å². The van der Waals surface area contributed by atoms with E-state index in [-0.39, 0.29) is 29.8 Å². The molecule has 0 aliphatic carbocycles. The van der Waals surface area contributed by atoms with Crippen molar-refractivity contribution in [2.75, 3.05) is 19.6 Å². The van der Waals surface area contributed by atoms with E-state index in [4.69, 9.17) is 5.73 Å². The minimum atomic E-state index is -4.80. The number of amides is 4. The van der Waals surface area contributed by atoms with Crippen molar-refractivity contribution in [1.29, 1.82) is 0 Å². The molecular formula is C16H21F3N4O3. The van der Waals surface area contributed by atoms with E-state index in [1.165, 1.54) is 18.2 Å². The van der Waals surface area contributed by atoms with E-state index in [0.717, 1.165) is 12.8 Å². The number of urea groups is 2. The molecule has 4 N–H and O–H groups in total. The molecular weight excluding hydrogens is 353 g/mol. The number of nitrogens with two attached hydrogens (primary N) is 1. The van der Waals surface area contributed by atoms with Crippen molar-refractivity contribution >= 4 is 12.1 Å². The molecule has 0 aromatic heterocycles. The molecule has 0 saturated carbocycles. The molecule has 4 amide bonds. The fourth-order valence-corrected chi connectivity index (χ4v) is 2.82. The lowest BCUT2D eigenvalue weighted by atomic mass is 9.98. The number of likely N-dealkylation sites (tertiary alicyclic amines) is 1. The van der Waals surface area contributed by atoms with Crippen LogP contribution in [0.3, 0.4) is 0 Å². The molecule has 7 nitrogen and oxygen atoms in total. The standard InChI is InChI=1S/C16H21F3N4O3/c17-16(18,19)26-13-6-2-1-5-12(13)9-22-15(25)23-7-3-4-11(10-23)8-21-14(20)24/h1-2,5-6,11H,3-4,7-10H2,(H,22,25)(H3,20,21,24). The number of para-hydroxylation sites is 1. The van der Waals surface area contributed by atoms with Gasteiger partial charge < -0.3 is 26.0 Å². The summed E-state index contributed by atoms with van der Waals surface area (Å²) in [6.45, 7) is 1.26. The number of halogens is 3. The highest BCUT2D eigenvalue weighted by atomic mass is 19.4. The van der Waals surface area contributed by atoms with Crippen molar-refractivity contribution in [2.24, 2.45) is 11.7 Å². The van der Waals surface area contributed by atoms with Crippen LogP contribution in [0.1, 0.15) is 18.4 Å². The monoisotopic (exact) mass is 374 g/mol. The van der Waals surface area contributed by atoms with Crippen LogP contribution in [0.4, 0.5) is 22.8 Å². The Morgan fingerprint density at radius 3 is 2.69 bits per heavy atom. The van der Waals surface area contributed by atoms with Crippen molar-refractivity contribution in [3.63, 3.8) is 0 Å². The quantitative estimate of drug-likeness (QED) is 0.737. The molecule has 1 unspecified atom stereocenters. The third kappa shape index (κ3) is 6.34. The predicted octanol–water partition coefficient (Wildman–Crippen LogP) is 2.18. The molecule has 1 aromatic rings. The third-order valence-electron chi connectivity index (χ3n) is 4.00. The normalized spacial score (nSPS) is 17.5. The summed E-state index contributed by atoms with van der Waals surface area (Å²) in [6, 6.07) is 4.65. The lowest BCUT2D eigenvalue weighted by Gasteiger charge is -2.32. The van der Waals surface area contributed by atoms with Crippen molar-refractivity contribution in [3.8, 4) is 5.75 Å². The zero-order valence-electron chi connectivity index (χ0n) is 14.0. The van der Waals surface area contributed by atoms with E-state index in [0.29, 0.717) is 19.6 Å². The number of ether oxygens (including phenoxy) is 1. The lowest BCUT2D eigenvalue weighted by molar-refractivity contribution is -0.274. The number of hydrogen-bond acceptors (Lipinski definition) is 3. The number of primary amides is 1. The van der Waals surface area contributed by atoms with E-state index >= 15 is 0 Å². The SMILES string of the molecule is NC(=O)NCC1CCCN(C(=O)NCc2ccccc2OC(F)(F)F)C1. The number of hydrogen-bond donors (Lipinski definition) is 3. The van der Waals surface area contributed by atoms with Crippen LogP contribution in [-0.4, -0.2) is 43.0 Å². The topological polar surface area (TPSA) is 96.7 Å². The van der Waals surface area contributed by atoms with Crippen LogP contribution < -0.4 is 21.1 Å². The second-order valence-electron chi connectivity index (χ2n) is 6.01. The second-order valence-corrected chi connectivity index (χ2v) is 6.01. The first-order valence-corrected chi connectivity index (χ1v) is 8.14. The highest BCUT2D eigenvalue weighted by Crippen LogP contribution is 2.26. The number of carbonyl (C=O) groups excluding carboxylic acids is 2. The van der Waals surface area contributed by atoms with Crippen molar-refractivity contribution in [1.82, 2.24) is 15.5 Å². The van der Waals surface area contributed by atoms with Crippen molar-refractivity contribution in [2.45, 2.75) is 25.7 Å². The molecule has 0 radical (unpaired) electrons. The second kappa shape index (κ2) is 8.63. The highest BCUT2D eigenvalue weighted by Gasteiger charge is 2.32. The zero-order valence-corrected chi connectivity index (χ0v) is 14.0. The lowest BCUT2D eigenvalue weighted by Crippen LogP contribution is -2.48. The van der Waals surface area contributed by atoms with Gasteiger partial charge in [-0.25, -0.2) is 9.59 Å². The molecule has 1 aliphatic rings. The number of carbonyl (C=O) groups is 2. The highest BCUT2D eigenvalue weighted by molar-refractivity contribution is 5.74. The van der Waals surface area contributed by atoms with Gasteiger partial charge in [-0.1, -0.05) is 18.2 Å². The van der Waals surface area contributed by atoms with E-state index in [9.17, 15) is 22.8 Å². The largest absolute Gasteiger partial charge is 0.573 e. The zero-order chi connectivity index (χ0) is 19.2. The molecule has 1 atom stereocenters. The Kier molecular flexibility index (Phi) is 6.53. The molecule has 0 bridgehead atoms. The third-order valence-corrected chi connectivity index (χ3v) is 4.00. The van der Waals surface area contributed by atoms with Crippen LogP contribution in [-0.2, 0) is 6.54 Å². The molecule has 1 saturated heterocycles. The van der Waals surface area contributed by atoms with E-state index in [2.05, 4.69) is 15.4 Å². The summed E-state index contributed by atoms with van der Waals surface area (Å²) >= 11 is 0. The Bertz CT molecular complexity index is 639. The summed E-state index contributed by atoms with van der Waals surface area (Å²) in [4.78, 5) is 24.6. The number of benzene rings is 1. The summed E-state index contributed by atoms with van der Waals surface area (Å²) in [5.41, 5.74) is 5.26. The number of rotatable bonds is 5. The smallest absolute Gasteiger partial charge is 0.405 e. The Hall–Kier alpha value is -2.65. The number of alkyl halides is 3. The molecule has 2 rings (SSSR count). The average Bonchev–Trinajstić information content (AvgIpc) is 2.58. The molecule has 1 heterocycles. The van der Waals surface area contributed by atoms with Gasteiger partial charge in [0.05, 0.1) is 0 Å². The van der Waals surface area contributed by atoms with Crippen LogP contribution in [0.2, 0.25) is 0 Å². The predicted molar refractivity (Wildman–Crippen MR) is 87.2 cm³/mol. The van der Waals surface area contributed by atoms with Crippen molar-refractivity contribution in [3.05, 3.63) is 29.8 Å². The van der Waals surface area contributed by atoms with Gasteiger partial charge in [0.25, 0.3) is 0 Å². The first-order valence-electron chi connectivity index (χ1n) is 8.14. The van der Waals surface area contributed by atoms with Crippen LogP contribution in [0.5, 0.6) is 5.75 Å². The molecule has 1 aliphatic heterocycles. The Morgan fingerprint density at radius 1 is 1.27 bits per heavy atom. The van der Waals surface area contributed by atoms with Gasteiger partial charge in [-0.3, -0.25) is 0 Å². The molecule has 26 heavy (non-hydrogen) atoms. The first kappa shape index (κ1) is 19.7. The van der Waals surface area contributed by atoms with E-state index in [1.54, 1.807) is 11.0 Å². The van der Waals surface area contributed by atoms with Crippen LogP contribution in [0.15, 0.2) is 24.3 Å². The van der Waals surface area contributed by atoms with Gasteiger partial charge in [-0.05, 0) is 24.8 Å². The summed E-state index contributed by atoms with van der Waals surface area (Å²) in [6.07, 6.45) is -3.17. The molecule has 144 valence electrons. The van der Waals surface area contributed by atoms with Gasteiger partial charge in [0, 0.05) is 31.7 Å². The fourth-order valence-electron chi connectivity index (χ4n) is 2.82. The van der Waals surface area contributed by atoms with E-state index in [1.807, 2.05) is 0 Å². The van der Waals surface area contributed by atoms with E-state index < -0.39 is 12.4 Å².